The van der Waals surface area contributed by atoms with Crippen molar-refractivity contribution in [3.63, 3.8) is 0 Å². The molecule has 0 aliphatic carbocycles. The van der Waals surface area contributed by atoms with Crippen molar-refractivity contribution in [2.45, 2.75) is 13.0 Å². The molecule has 1 aliphatic rings. The number of carbonyl (C=O) groups excluding carboxylic acids is 1. The molecule has 1 heterocycles. The van der Waals surface area contributed by atoms with Crippen LogP contribution in [0.1, 0.15) is 12.0 Å². The van der Waals surface area contributed by atoms with Gasteiger partial charge in [0.05, 0.1) is 5.92 Å². The average Bonchev–Trinajstić information content (AvgIpc) is 2.85. The fourth-order valence-corrected chi connectivity index (χ4v) is 2.16. The van der Waals surface area contributed by atoms with Crippen LogP contribution in [0.2, 0.25) is 0 Å². The van der Waals surface area contributed by atoms with Gasteiger partial charge < -0.3 is 10.2 Å². The summed E-state index contributed by atoms with van der Waals surface area (Å²) < 4.78 is 26.2. The lowest BCUT2D eigenvalue weighted by atomic mass is 10.1. The van der Waals surface area contributed by atoms with Gasteiger partial charge in [-0.3, -0.25) is 4.79 Å². The van der Waals surface area contributed by atoms with Gasteiger partial charge >= 0.3 is 0 Å². The van der Waals surface area contributed by atoms with E-state index in [9.17, 15) is 13.6 Å². The highest BCUT2D eigenvalue weighted by Gasteiger charge is 2.25. The molecule has 1 aliphatic heterocycles. The minimum absolute atomic E-state index is 0.00345. The van der Waals surface area contributed by atoms with Crippen LogP contribution in [0.25, 0.3) is 0 Å². The summed E-state index contributed by atoms with van der Waals surface area (Å²) in [4.78, 5) is 13.5. The van der Waals surface area contributed by atoms with Gasteiger partial charge in [-0.1, -0.05) is 6.07 Å². The monoisotopic (exact) mass is 254 g/mol. The van der Waals surface area contributed by atoms with Crippen LogP contribution in [0.5, 0.6) is 0 Å². The van der Waals surface area contributed by atoms with Gasteiger partial charge in [-0.25, -0.2) is 8.78 Å². The molecule has 1 fully saturated rings. The normalized spacial score (nSPS) is 18.9. The van der Waals surface area contributed by atoms with Crippen LogP contribution in [-0.4, -0.2) is 30.9 Å². The topological polar surface area (TPSA) is 32.3 Å². The first-order valence-corrected chi connectivity index (χ1v) is 5.97. The lowest BCUT2D eigenvalue weighted by Gasteiger charge is -2.21. The van der Waals surface area contributed by atoms with E-state index in [0.29, 0.717) is 12.1 Å². The predicted molar refractivity (Wildman–Crippen MR) is 63.8 cm³/mol. The van der Waals surface area contributed by atoms with Gasteiger partial charge in [0.25, 0.3) is 0 Å². The van der Waals surface area contributed by atoms with Crippen LogP contribution in [0.15, 0.2) is 18.2 Å². The maximum Gasteiger partial charge on any atom is 0.227 e. The molecule has 1 aromatic carbocycles. The second-order valence-corrected chi connectivity index (χ2v) is 4.62. The van der Waals surface area contributed by atoms with Crippen molar-refractivity contribution in [2.24, 2.45) is 5.92 Å². The Hall–Kier alpha value is -1.49. The number of hydrogen-bond donors (Lipinski definition) is 1. The SMILES string of the molecule is CN(Cc1ccc(F)cc1F)C(=O)C1CCNC1. The van der Waals surface area contributed by atoms with Crippen molar-refractivity contribution in [1.29, 1.82) is 0 Å². The van der Waals surface area contributed by atoms with E-state index in [1.807, 2.05) is 0 Å². The van der Waals surface area contributed by atoms with Gasteiger partial charge in [-0.05, 0) is 19.0 Å². The summed E-state index contributed by atoms with van der Waals surface area (Å²) in [6, 6.07) is 3.42. The molecule has 1 amide bonds. The molecule has 0 saturated carbocycles. The summed E-state index contributed by atoms with van der Waals surface area (Å²) in [5.41, 5.74) is 0.332. The minimum atomic E-state index is -0.612. The van der Waals surface area contributed by atoms with Gasteiger partial charge in [0.2, 0.25) is 5.91 Å². The van der Waals surface area contributed by atoms with E-state index in [2.05, 4.69) is 5.32 Å². The Bertz CT molecular complexity index is 445. The Kier molecular flexibility index (Phi) is 3.91. The van der Waals surface area contributed by atoms with Crippen molar-refractivity contribution < 1.29 is 13.6 Å². The van der Waals surface area contributed by atoms with Crippen molar-refractivity contribution in [3.05, 3.63) is 35.4 Å². The molecule has 0 spiro atoms. The molecule has 5 heteroatoms. The van der Waals surface area contributed by atoms with Crippen LogP contribution < -0.4 is 5.32 Å². The molecule has 0 aromatic heterocycles. The van der Waals surface area contributed by atoms with E-state index in [0.717, 1.165) is 19.0 Å². The third-order valence-corrected chi connectivity index (χ3v) is 3.21. The van der Waals surface area contributed by atoms with Gasteiger partial charge in [-0.15, -0.1) is 0 Å². The number of amides is 1. The van der Waals surface area contributed by atoms with E-state index < -0.39 is 11.6 Å². The second-order valence-electron chi connectivity index (χ2n) is 4.62. The van der Waals surface area contributed by atoms with Crippen molar-refractivity contribution in [1.82, 2.24) is 10.2 Å². The molecular weight excluding hydrogens is 238 g/mol. The first-order chi connectivity index (χ1) is 8.58. The third kappa shape index (κ3) is 2.85. The zero-order valence-electron chi connectivity index (χ0n) is 10.2. The fraction of sp³-hybridized carbons (Fsp3) is 0.462. The zero-order chi connectivity index (χ0) is 13.1. The Morgan fingerprint density at radius 1 is 1.50 bits per heavy atom. The largest absolute Gasteiger partial charge is 0.341 e. The first-order valence-electron chi connectivity index (χ1n) is 5.97. The Morgan fingerprint density at radius 3 is 2.89 bits per heavy atom. The lowest BCUT2D eigenvalue weighted by molar-refractivity contribution is -0.134. The summed E-state index contributed by atoms with van der Waals surface area (Å²) in [5, 5.41) is 3.12. The lowest BCUT2D eigenvalue weighted by Crippen LogP contribution is -2.33. The van der Waals surface area contributed by atoms with Gasteiger partial charge in [-0.2, -0.15) is 0 Å². The van der Waals surface area contributed by atoms with Crippen LogP contribution in [0.3, 0.4) is 0 Å². The summed E-state index contributed by atoms with van der Waals surface area (Å²) >= 11 is 0. The molecule has 18 heavy (non-hydrogen) atoms. The van der Waals surface area contributed by atoms with Gasteiger partial charge in [0, 0.05) is 31.8 Å². The molecular formula is C13H16F2N2O. The maximum atomic E-state index is 13.5. The minimum Gasteiger partial charge on any atom is -0.341 e. The van der Waals surface area contributed by atoms with Gasteiger partial charge in [0.1, 0.15) is 11.6 Å². The van der Waals surface area contributed by atoms with Crippen LogP contribution >= 0.6 is 0 Å². The molecule has 2 rings (SSSR count). The van der Waals surface area contributed by atoms with Crippen molar-refractivity contribution in [2.75, 3.05) is 20.1 Å². The molecule has 98 valence electrons. The predicted octanol–water partition coefficient (Wildman–Crippen LogP) is 1.53. The molecule has 1 aromatic rings. The molecule has 3 nitrogen and oxygen atoms in total. The maximum absolute atomic E-state index is 13.5. The van der Waals surface area contributed by atoms with Crippen LogP contribution in [0, 0.1) is 17.6 Å². The van der Waals surface area contributed by atoms with Gasteiger partial charge in [0.15, 0.2) is 0 Å². The van der Waals surface area contributed by atoms with E-state index >= 15 is 0 Å². The number of benzene rings is 1. The molecule has 1 N–H and O–H groups in total. The number of rotatable bonds is 3. The highest BCUT2D eigenvalue weighted by atomic mass is 19.1. The molecule has 1 unspecified atom stereocenters. The summed E-state index contributed by atoms with van der Waals surface area (Å²) in [7, 11) is 1.64. The number of halogens is 2. The van der Waals surface area contributed by atoms with Crippen LogP contribution in [-0.2, 0) is 11.3 Å². The van der Waals surface area contributed by atoms with E-state index in [-0.39, 0.29) is 18.4 Å². The Labute approximate surface area is 105 Å². The van der Waals surface area contributed by atoms with Crippen molar-refractivity contribution in [3.8, 4) is 0 Å². The summed E-state index contributed by atoms with van der Waals surface area (Å²) in [6.07, 6.45) is 0.815. The number of nitrogens with zero attached hydrogens (tertiary/aromatic N) is 1. The highest BCUT2D eigenvalue weighted by Crippen LogP contribution is 2.15. The smallest absolute Gasteiger partial charge is 0.227 e. The molecule has 1 saturated heterocycles. The molecule has 0 radical (unpaired) electrons. The zero-order valence-corrected chi connectivity index (χ0v) is 10.2. The number of hydrogen-bond acceptors (Lipinski definition) is 2. The first kappa shape index (κ1) is 13.0. The van der Waals surface area contributed by atoms with E-state index in [1.165, 1.54) is 17.0 Å². The number of nitrogens with one attached hydrogen (secondary N) is 1. The van der Waals surface area contributed by atoms with Crippen molar-refractivity contribution >= 4 is 5.91 Å². The summed E-state index contributed by atoms with van der Waals surface area (Å²) in [6.45, 7) is 1.69. The highest BCUT2D eigenvalue weighted by molar-refractivity contribution is 5.79. The standard InChI is InChI=1S/C13H16F2N2O/c1-17(13(18)9-4-5-16-7-9)8-10-2-3-11(14)6-12(10)15/h2-3,6,9,16H,4-5,7-8H2,1H3. The quantitative estimate of drug-likeness (QED) is 0.887. The third-order valence-electron chi connectivity index (χ3n) is 3.21. The number of carbonyl (C=O) groups is 1. The fourth-order valence-electron chi connectivity index (χ4n) is 2.16. The summed E-state index contributed by atoms with van der Waals surface area (Å²) in [5.74, 6) is -1.24. The second kappa shape index (κ2) is 5.44. The Morgan fingerprint density at radius 2 is 2.28 bits per heavy atom. The molecule has 0 bridgehead atoms. The Balaban J connectivity index is 2.01. The average molecular weight is 254 g/mol. The van der Waals surface area contributed by atoms with E-state index in [1.54, 1.807) is 7.05 Å². The van der Waals surface area contributed by atoms with Crippen LogP contribution in [0.4, 0.5) is 8.78 Å². The van der Waals surface area contributed by atoms with E-state index in [4.69, 9.17) is 0 Å². The molecule has 1 atom stereocenters.